The zero-order valence-electron chi connectivity index (χ0n) is 15.4. The molecular formula is C23H25N3O. The van der Waals surface area contributed by atoms with Crippen LogP contribution in [-0.2, 0) is 17.6 Å². The Morgan fingerprint density at radius 1 is 1.07 bits per heavy atom. The Hall–Kier alpha value is -2.88. The van der Waals surface area contributed by atoms with Gasteiger partial charge in [0.05, 0.1) is 5.92 Å². The summed E-state index contributed by atoms with van der Waals surface area (Å²) in [6.07, 6.45) is 5.26. The molecule has 4 heteroatoms. The maximum absolute atomic E-state index is 13.0. The Balaban J connectivity index is 1.45. The molecule has 0 saturated heterocycles. The van der Waals surface area contributed by atoms with Crippen LogP contribution < -0.4 is 5.32 Å². The molecule has 1 aliphatic carbocycles. The highest BCUT2D eigenvalue weighted by molar-refractivity contribution is 5.95. The number of rotatable bonds is 8. The molecule has 2 N–H and O–H groups in total. The maximum atomic E-state index is 13.0. The van der Waals surface area contributed by atoms with E-state index < -0.39 is 0 Å². The van der Waals surface area contributed by atoms with E-state index >= 15 is 0 Å². The molecule has 0 aliphatic heterocycles. The van der Waals surface area contributed by atoms with Gasteiger partial charge in [0.1, 0.15) is 0 Å². The molecule has 3 aromatic rings. The molecule has 1 amide bonds. The predicted octanol–water partition coefficient (Wildman–Crippen LogP) is 4.72. The van der Waals surface area contributed by atoms with Crippen LogP contribution in [0, 0.1) is 5.92 Å². The van der Waals surface area contributed by atoms with Crippen molar-refractivity contribution < 1.29 is 4.79 Å². The largest absolute Gasteiger partial charge is 0.309 e. The van der Waals surface area contributed by atoms with Crippen molar-refractivity contribution in [2.45, 2.75) is 38.0 Å². The van der Waals surface area contributed by atoms with Gasteiger partial charge in [-0.05, 0) is 49.1 Å². The normalized spacial score (nSPS) is 14.7. The Kier molecular flexibility index (Phi) is 5.33. The molecule has 1 aliphatic rings. The monoisotopic (exact) mass is 359 g/mol. The molecule has 4 rings (SSSR count). The fraction of sp³-hybridized carbons (Fsp3) is 0.304. The summed E-state index contributed by atoms with van der Waals surface area (Å²) in [6.45, 7) is 0. The van der Waals surface area contributed by atoms with Crippen molar-refractivity contribution in [3.63, 3.8) is 0 Å². The van der Waals surface area contributed by atoms with E-state index in [2.05, 4.69) is 27.6 Å². The number of benzene rings is 2. The molecule has 1 atom stereocenters. The number of hydrogen-bond donors (Lipinski definition) is 2. The molecule has 1 saturated carbocycles. The van der Waals surface area contributed by atoms with Gasteiger partial charge in [-0.3, -0.25) is 9.89 Å². The Bertz CT molecular complexity index is 869. The topological polar surface area (TPSA) is 57.8 Å². The molecule has 1 heterocycles. The number of aromatic amines is 1. The molecular weight excluding hydrogens is 334 g/mol. The summed E-state index contributed by atoms with van der Waals surface area (Å²) < 4.78 is 0. The van der Waals surface area contributed by atoms with Crippen LogP contribution in [0.25, 0.3) is 0 Å². The molecule has 0 radical (unpaired) electrons. The van der Waals surface area contributed by atoms with Gasteiger partial charge in [-0.2, -0.15) is 5.10 Å². The molecule has 0 bridgehead atoms. The minimum absolute atomic E-state index is 0.00148. The van der Waals surface area contributed by atoms with E-state index in [1.165, 1.54) is 18.4 Å². The number of H-pyrrole nitrogens is 1. The van der Waals surface area contributed by atoms with Crippen LogP contribution >= 0.6 is 0 Å². The summed E-state index contributed by atoms with van der Waals surface area (Å²) in [6, 6.07) is 22.3. The lowest BCUT2D eigenvalue weighted by Gasteiger charge is -2.16. The first kappa shape index (κ1) is 17.5. The maximum Gasteiger partial charge on any atom is 0.233 e. The quantitative estimate of drug-likeness (QED) is 0.611. The highest BCUT2D eigenvalue weighted by atomic mass is 16.2. The first-order chi connectivity index (χ1) is 13.3. The zero-order chi connectivity index (χ0) is 18.5. The predicted molar refractivity (Wildman–Crippen MR) is 108 cm³/mol. The zero-order valence-corrected chi connectivity index (χ0v) is 15.4. The van der Waals surface area contributed by atoms with Crippen molar-refractivity contribution in [2.75, 3.05) is 5.32 Å². The fourth-order valence-corrected chi connectivity index (χ4v) is 3.47. The average molecular weight is 359 g/mol. The molecule has 1 fully saturated rings. The van der Waals surface area contributed by atoms with Crippen LogP contribution in [-0.4, -0.2) is 16.1 Å². The summed E-state index contributed by atoms with van der Waals surface area (Å²) in [4.78, 5) is 13.0. The van der Waals surface area contributed by atoms with Crippen LogP contribution in [0.3, 0.4) is 0 Å². The van der Waals surface area contributed by atoms with Gasteiger partial charge in [-0.1, -0.05) is 60.7 Å². The third kappa shape index (κ3) is 4.85. The van der Waals surface area contributed by atoms with Crippen LogP contribution in [0.4, 0.5) is 5.82 Å². The van der Waals surface area contributed by atoms with Crippen molar-refractivity contribution in [3.8, 4) is 0 Å². The van der Waals surface area contributed by atoms with Gasteiger partial charge in [0, 0.05) is 11.8 Å². The van der Waals surface area contributed by atoms with E-state index in [1.807, 2.05) is 54.6 Å². The van der Waals surface area contributed by atoms with Gasteiger partial charge in [-0.25, -0.2) is 0 Å². The first-order valence-corrected chi connectivity index (χ1v) is 9.72. The number of amides is 1. The van der Waals surface area contributed by atoms with E-state index in [9.17, 15) is 4.79 Å². The third-order valence-corrected chi connectivity index (χ3v) is 5.17. The van der Waals surface area contributed by atoms with E-state index in [1.54, 1.807) is 0 Å². The fourth-order valence-electron chi connectivity index (χ4n) is 3.47. The summed E-state index contributed by atoms with van der Waals surface area (Å²) >= 11 is 0. The summed E-state index contributed by atoms with van der Waals surface area (Å²) in [7, 11) is 0. The molecule has 0 spiro atoms. The lowest BCUT2D eigenvalue weighted by atomic mass is 9.91. The molecule has 138 valence electrons. The van der Waals surface area contributed by atoms with E-state index in [-0.39, 0.29) is 11.8 Å². The van der Waals surface area contributed by atoms with E-state index in [4.69, 9.17) is 0 Å². The number of anilines is 1. The SMILES string of the molecule is O=C(Nc1cc(CC2CC2)[nH]n1)C(CCc1ccccc1)c1ccccc1. The van der Waals surface area contributed by atoms with Crippen LogP contribution in [0.5, 0.6) is 0 Å². The minimum Gasteiger partial charge on any atom is -0.309 e. The van der Waals surface area contributed by atoms with Crippen molar-refractivity contribution in [3.05, 3.63) is 83.6 Å². The van der Waals surface area contributed by atoms with Gasteiger partial charge in [0.2, 0.25) is 5.91 Å². The number of hydrogen-bond acceptors (Lipinski definition) is 2. The van der Waals surface area contributed by atoms with Gasteiger partial charge in [-0.15, -0.1) is 0 Å². The molecule has 27 heavy (non-hydrogen) atoms. The second kappa shape index (κ2) is 8.21. The lowest BCUT2D eigenvalue weighted by molar-refractivity contribution is -0.117. The Labute approximate surface area is 160 Å². The lowest BCUT2D eigenvalue weighted by Crippen LogP contribution is -2.22. The minimum atomic E-state index is -0.199. The van der Waals surface area contributed by atoms with Gasteiger partial charge in [0.25, 0.3) is 0 Å². The Morgan fingerprint density at radius 3 is 2.48 bits per heavy atom. The smallest absolute Gasteiger partial charge is 0.233 e. The number of carbonyl (C=O) groups is 1. The second-order valence-electron chi connectivity index (χ2n) is 7.40. The van der Waals surface area contributed by atoms with Crippen molar-refractivity contribution in [1.29, 1.82) is 0 Å². The van der Waals surface area contributed by atoms with Crippen LogP contribution in [0.2, 0.25) is 0 Å². The van der Waals surface area contributed by atoms with Crippen molar-refractivity contribution in [2.24, 2.45) is 5.92 Å². The van der Waals surface area contributed by atoms with Crippen LogP contribution in [0.15, 0.2) is 66.7 Å². The molecule has 2 aromatic carbocycles. The van der Waals surface area contributed by atoms with Gasteiger partial charge < -0.3 is 5.32 Å². The Morgan fingerprint density at radius 2 is 1.78 bits per heavy atom. The van der Waals surface area contributed by atoms with Crippen molar-refractivity contribution in [1.82, 2.24) is 10.2 Å². The summed E-state index contributed by atoms with van der Waals surface area (Å²) in [5, 5.41) is 10.3. The van der Waals surface area contributed by atoms with Gasteiger partial charge >= 0.3 is 0 Å². The highest BCUT2D eigenvalue weighted by Crippen LogP contribution is 2.32. The second-order valence-corrected chi connectivity index (χ2v) is 7.40. The van der Waals surface area contributed by atoms with E-state index in [0.717, 1.165) is 36.4 Å². The summed E-state index contributed by atoms with van der Waals surface area (Å²) in [5.41, 5.74) is 3.39. The highest BCUT2D eigenvalue weighted by Gasteiger charge is 2.24. The third-order valence-electron chi connectivity index (χ3n) is 5.17. The number of nitrogens with zero attached hydrogens (tertiary/aromatic N) is 1. The average Bonchev–Trinajstić information content (AvgIpc) is 3.41. The molecule has 1 aromatic heterocycles. The number of aromatic nitrogens is 2. The standard InChI is InChI=1S/C23H25N3O/c27-23(24-22-16-20(25-26-22)15-18-11-12-18)21(19-9-5-2-6-10-19)14-13-17-7-3-1-4-8-17/h1-10,16,18,21H,11-15H2,(H2,24,25,26,27). The van der Waals surface area contributed by atoms with Gasteiger partial charge in [0.15, 0.2) is 5.82 Å². The number of aryl methyl sites for hydroxylation is 1. The van der Waals surface area contributed by atoms with Crippen molar-refractivity contribution >= 4 is 11.7 Å². The first-order valence-electron chi connectivity index (χ1n) is 9.72. The van der Waals surface area contributed by atoms with Crippen LogP contribution in [0.1, 0.15) is 42.0 Å². The number of carbonyl (C=O) groups excluding carboxylic acids is 1. The van der Waals surface area contributed by atoms with E-state index in [0.29, 0.717) is 5.82 Å². The molecule has 1 unspecified atom stereocenters. The summed E-state index contributed by atoms with van der Waals surface area (Å²) in [5.74, 6) is 1.21. The number of nitrogens with one attached hydrogen (secondary N) is 2. The molecule has 4 nitrogen and oxygen atoms in total.